The van der Waals surface area contributed by atoms with Gasteiger partial charge in [-0.05, 0) is 24.6 Å². The maximum absolute atomic E-state index is 11.7. The van der Waals surface area contributed by atoms with Crippen LogP contribution in [0, 0.1) is 0 Å². The van der Waals surface area contributed by atoms with E-state index in [1.807, 2.05) is 0 Å². The zero-order valence-electron chi connectivity index (χ0n) is 9.80. The third-order valence-corrected chi connectivity index (χ3v) is 2.43. The van der Waals surface area contributed by atoms with E-state index in [0.717, 1.165) is 5.56 Å². The van der Waals surface area contributed by atoms with E-state index >= 15 is 0 Å². The molecule has 0 saturated carbocycles. The van der Waals surface area contributed by atoms with Crippen LogP contribution in [0.5, 0.6) is 5.75 Å². The Balaban J connectivity index is 2.60. The number of amides is 1. The Kier molecular flexibility index (Phi) is 4.31. The molecule has 0 aliphatic heterocycles. The summed E-state index contributed by atoms with van der Waals surface area (Å²) in [6.07, 6.45) is -0.429. The molecule has 1 unspecified atom stereocenters. The first-order valence-corrected chi connectivity index (χ1v) is 5.10. The van der Waals surface area contributed by atoms with Gasteiger partial charge in [-0.3, -0.25) is 4.79 Å². The summed E-state index contributed by atoms with van der Waals surface area (Å²) in [5.41, 5.74) is 0.969. The molecule has 1 rings (SSSR count). The van der Waals surface area contributed by atoms with Crippen LogP contribution in [0.4, 0.5) is 0 Å². The van der Waals surface area contributed by atoms with Crippen LogP contribution in [0.15, 0.2) is 24.3 Å². The van der Waals surface area contributed by atoms with Crippen molar-refractivity contribution in [2.75, 3.05) is 14.2 Å². The van der Waals surface area contributed by atoms with E-state index in [1.54, 1.807) is 43.1 Å². The highest BCUT2D eigenvalue weighted by atomic mass is 16.5. The van der Waals surface area contributed by atoms with Gasteiger partial charge in [-0.1, -0.05) is 12.1 Å². The third-order valence-electron chi connectivity index (χ3n) is 2.43. The van der Waals surface area contributed by atoms with Gasteiger partial charge < -0.3 is 14.7 Å². The van der Waals surface area contributed by atoms with Crippen molar-refractivity contribution in [3.8, 4) is 5.75 Å². The predicted octanol–water partition coefficient (Wildman–Crippen LogP) is 1.39. The molecule has 88 valence electrons. The smallest absolute Gasteiger partial charge is 0.251 e. The van der Waals surface area contributed by atoms with Crippen LogP contribution in [0.2, 0.25) is 0 Å². The number of phenols is 1. The molecule has 16 heavy (non-hydrogen) atoms. The van der Waals surface area contributed by atoms with E-state index < -0.39 is 6.10 Å². The topological polar surface area (TPSA) is 49.8 Å². The van der Waals surface area contributed by atoms with E-state index in [2.05, 4.69) is 0 Å². The Hall–Kier alpha value is -1.55. The maximum Gasteiger partial charge on any atom is 0.251 e. The molecule has 0 aliphatic rings. The minimum atomic E-state index is -0.429. The maximum atomic E-state index is 11.7. The fourth-order valence-electron chi connectivity index (χ4n) is 1.36. The Morgan fingerprint density at radius 2 is 2.00 bits per heavy atom. The van der Waals surface area contributed by atoms with Crippen LogP contribution in [0.1, 0.15) is 12.5 Å². The Bertz CT molecular complexity index is 348. The molecule has 1 amide bonds. The summed E-state index contributed by atoms with van der Waals surface area (Å²) >= 11 is 0. The lowest BCUT2D eigenvalue weighted by atomic mass is 10.2. The van der Waals surface area contributed by atoms with Crippen LogP contribution < -0.4 is 0 Å². The van der Waals surface area contributed by atoms with Crippen molar-refractivity contribution in [3.05, 3.63) is 29.8 Å². The molecule has 1 aromatic rings. The summed E-state index contributed by atoms with van der Waals surface area (Å²) in [5, 5.41) is 9.13. The van der Waals surface area contributed by atoms with Crippen molar-refractivity contribution < 1.29 is 14.6 Å². The van der Waals surface area contributed by atoms with Crippen molar-refractivity contribution in [2.24, 2.45) is 0 Å². The van der Waals surface area contributed by atoms with Crippen LogP contribution in [-0.2, 0) is 16.1 Å². The van der Waals surface area contributed by atoms with E-state index in [1.165, 1.54) is 7.11 Å². The lowest BCUT2D eigenvalue weighted by molar-refractivity contribution is -0.140. The van der Waals surface area contributed by atoms with Crippen molar-refractivity contribution in [1.29, 1.82) is 0 Å². The number of phenolic OH excluding ortho intramolecular Hbond substituents is 1. The van der Waals surface area contributed by atoms with Gasteiger partial charge in [-0.2, -0.15) is 0 Å². The first kappa shape index (κ1) is 12.5. The highest BCUT2D eigenvalue weighted by molar-refractivity contribution is 5.80. The van der Waals surface area contributed by atoms with Crippen molar-refractivity contribution in [1.82, 2.24) is 4.90 Å². The second kappa shape index (κ2) is 5.51. The number of carbonyl (C=O) groups is 1. The van der Waals surface area contributed by atoms with Gasteiger partial charge in [0.1, 0.15) is 11.9 Å². The molecule has 4 heteroatoms. The van der Waals surface area contributed by atoms with Gasteiger partial charge in [-0.15, -0.1) is 0 Å². The van der Waals surface area contributed by atoms with Gasteiger partial charge >= 0.3 is 0 Å². The number of aromatic hydroxyl groups is 1. The molecule has 0 aromatic heterocycles. The molecule has 0 aliphatic carbocycles. The minimum absolute atomic E-state index is 0.0597. The van der Waals surface area contributed by atoms with Crippen LogP contribution in [-0.4, -0.2) is 36.2 Å². The van der Waals surface area contributed by atoms with Gasteiger partial charge in [0.2, 0.25) is 0 Å². The number of likely N-dealkylation sites (N-methyl/N-ethyl adjacent to an activating group) is 1. The zero-order chi connectivity index (χ0) is 12.1. The molecular formula is C12H17NO3. The molecule has 0 spiro atoms. The Morgan fingerprint density at radius 1 is 1.44 bits per heavy atom. The number of hydrogen-bond acceptors (Lipinski definition) is 3. The van der Waals surface area contributed by atoms with Gasteiger partial charge in [0.25, 0.3) is 5.91 Å². The molecule has 4 nitrogen and oxygen atoms in total. The van der Waals surface area contributed by atoms with Crippen molar-refractivity contribution >= 4 is 5.91 Å². The molecule has 0 heterocycles. The fourth-order valence-corrected chi connectivity index (χ4v) is 1.36. The Labute approximate surface area is 95.5 Å². The lowest BCUT2D eigenvalue weighted by Gasteiger charge is -2.20. The minimum Gasteiger partial charge on any atom is -0.508 e. The van der Waals surface area contributed by atoms with Crippen LogP contribution >= 0.6 is 0 Å². The summed E-state index contributed by atoms with van der Waals surface area (Å²) < 4.78 is 4.96. The number of nitrogens with zero attached hydrogens (tertiary/aromatic N) is 1. The second-order valence-electron chi connectivity index (χ2n) is 3.74. The molecule has 1 aromatic carbocycles. The number of methoxy groups -OCH3 is 1. The molecule has 0 radical (unpaired) electrons. The number of ether oxygens (including phenoxy) is 1. The quantitative estimate of drug-likeness (QED) is 0.839. The molecule has 1 atom stereocenters. The summed E-state index contributed by atoms with van der Waals surface area (Å²) in [4.78, 5) is 13.3. The highest BCUT2D eigenvalue weighted by Gasteiger charge is 2.16. The number of benzene rings is 1. The van der Waals surface area contributed by atoms with Crippen molar-refractivity contribution in [3.63, 3.8) is 0 Å². The van der Waals surface area contributed by atoms with Gasteiger partial charge in [0.15, 0.2) is 0 Å². The highest BCUT2D eigenvalue weighted by Crippen LogP contribution is 2.11. The summed E-state index contributed by atoms with van der Waals surface area (Å²) in [6, 6.07) is 6.79. The predicted molar refractivity (Wildman–Crippen MR) is 61.1 cm³/mol. The first-order valence-electron chi connectivity index (χ1n) is 5.10. The van der Waals surface area contributed by atoms with Gasteiger partial charge in [-0.25, -0.2) is 0 Å². The molecular weight excluding hydrogens is 206 g/mol. The molecule has 1 N–H and O–H groups in total. The molecule has 0 fully saturated rings. The molecule has 0 saturated heterocycles. The van der Waals surface area contributed by atoms with E-state index in [4.69, 9.17) is 9.84 Å². The lowest BCUT2D eigenvalue weighted by Crippen LogP contribution is -2.35. The fraction of sp³-hybridized carbons (Fsp3) is 0.417. The summed E-state index contributed by atoms with van der Waals surface area (Å²) in [7, 11) is 3.24. The average molecular weight is 223 g/mol. The third kappa shape index (κ3) is 3.24. The van der Waals surface area contributed by atoms with Gasteiger partial charge in [0.05, 0.1) is 0 Å². The average Bonchev–Trinajstić information content (AvgIpc) is 2.30. The van der Waals surface area contributed by atoms with E-state index in [9.17, 15) is 4.79 Å². The van der Waals surface area contributed by atoms with Crippen molar-refractivity contribution in [2.45, 2.75) is 19.6 Å². The number of carbonyl (C=O) groups excluding carboxylic acids is 1. The summed E-state index contributed by atoms with van der Waals surface area (Å²) in [5.74, 6) is 0.165. The normalized spacial score (nSPS) is 12.2. The monoisotopic (exact) mass is 223 g/mol. The zero-order valence-corrected chi connectivity index (χ0v) is 9.80. The SMILES string of the molecule is COC(C)C(=O)N(C)Cc1ccc(O)cc1. The summed E-state index contributed by atoms with van der Waals surface area (Å²) in [6.45, 7) is 2.22. The van der Waals surface area contributed by atoms with Crippen LogP contribution in [0.3, 0.4) is 0 Å². The first-order chi connectivity index (χ1) is 7.54. The second-order valence-corrected chi connectivity index (χ2v) is 3.74. The van der Waals surface area contributed by atoms with E-state index in [-0.39, 0.29) is 11.7 Å². The van der Waals surface area contributed by atoms with Gasteiger partial charge in [0, 0.05) is 20.7 Å². The van der Waals surface area contributed by atoms with Crippen LogP contribution in [0.25, 0.3) is 0 Å². The number of hydrogen-bond donors (Lipinski definition) is 1. The standard InChI is InChI=1S/C12H17NO3/c1-9(16-3)12(15)13(2)8-10-4-6-11(14)7-5-10/h4-7,9,14H,8H2,1-3H3. The Morgan fingerprint density at radius 3 is 2.50 bits per heavy atom. The largest absolute Gasteiger partial charge is 0.508 e. The molecule has 0 bridgehead atoms. The van der Waals surface area contributed by atoms with E-state index in [0.29, 0.717) is 6.54 Å². The number of rotatable bonds is 4.